The minimum atomic E-state index is -0.216. The topological polar surface area (TPSA) is 57.8 Å². The first-order valence-electron chi connectivity index (χ1n) is 12.7. The third kappa shape index (κ3) is 4.22. The fraction of sp³-hybridized carbons (Fsp3) is 0.0645. The summed E-state index contributed by atoms with van der Waals surface area (Å²) in [5, 5.41) is 9.50. The number of rotatable bonds is 3. The minimum Gasteiger partial charge on any atom is -0.335 e. The first-order chi connectivity index (χ1) is 19.5. The van der Waals surface area contributed by atoms with Crippen LogP contribution in [-0.2, 0) is 0 Å². The van der Waals surface area contributed by atoms with Crippen molar-refractivity contribution in [1.29, 1.82) is 0 Å². The Kier molecular flexibility index (Phi) is 6.23. The first kappa shape index (κ1) is 25.1. The summed E-state index contributed by atoms with van der Waals surface area (Å²) < 4.78 is 2.90. The zero-order chi connectivity index (χ0) is 27.4. The van der Waals surface area contributed by atoms with E-state index in [0.29, 0.717) is 27.4 Å². The lowest BCUT2D eigenvalue weighted by molar-refractivity contribution is 0.815. The maximum absolute atomic E-state index is 6.56. The number of para-hydroxylation sites is 3. The molecule has 0 radical (unpaired) electrons. The molecular weight excluding hydrogens is 607 g/mol. The summed E-state index contributed by atoms with van der Waals surface area (Å²) in [5.41, 5.74) is 6.47. The molecule has 1 aromatic heterocycles. The van der Waals surface area contributed by atoms with Gasteiger partial charge in [0.2, 0.25) is 0 Å². The predicted octanol–water partition coefficient (Wildman–Crippen LogP) is 9.05. The van der Waals surface area contributed by atoms with Crippen LogP contribution < -0.4 is 10.2 Å². The number of fused-ring (bicyclic) bond motifs is 4. The standard InChI is InChI=1S/C31H21BrCl2N6/c1-18-27-28(19-8-7-9-20(32)16-19)39-26-13-6-5-12-25(26)36-29(35-24-15-14-21(33)17-23(24)34)31(39)37-30(27)40(38-18)22-10-3-2-4-11-22/h2-17,28H,1H3,(H,35,36)/t28-/m1/s1. The summed E-state index contributed by atoms with van der Waals surface area (Å²) in [5.74, 6) is 2.00. The number of aliphatic imine (C=N–C) groups is 2. The number of nitrogens with zero attached hydrogens (tertiary/aromatic N) is 5. The van der Waals surface area contributed by atoms with E-state index >= 15 is 0 Å². The number of aryl methyl sites for hydroxylation is 1. The molecular formula is C31H21BrCl2N6. The molecule has 4 aromatic carbocycles. The van der Waals surface area contributed by atoms with E-state index in [9.17, 15) is 0 Å². The molecule has 0 unspecified atom stereocenters. The quantitative estimate of drug-likeness (QED) is 0.217. The van der Waals surface area contributed by atoms with Crippen LogP contribution in [0.5, 0.6) is 0 Å². The van der Waals surface area contributed by atoms with Gasteiger partial charge in [0.15, 0.2) is 17.5 Å². The molecule has 7 rings (SSSR count). The number of amidine groups is 2. The molecule has 2 aliphatic heterocycles. The molecule has 0 saturated carbocycles. The summed E-state index contributed by atoms with van der Waals surface area (Å²) >= 11 is 16.4. The van der Waals surface area contributed by atoms with Gasteiger partial charge in [0.25, 0.3) is 0 Å². The van der Waals surface area contributed by atoms with Crippen molar-refractivity contribution in [2.24, 2.45) is 9.98 Å². The number of benzene rings is 4. The van der Waals surface area contributed by atoms with Crippen molar-refractivity contribution in [2.45, 2.75) is 13.0 Å². The molecule has 0 fully saturated rings. The number of hydrogen-bond donors (Lipinski definition) is 1. The third-order valence-electron chi connectivity index (χ3n) is 6.99. The van der Waals surface area contributed by atoms with Crippen molar-refractivity contribution in [3.05, 3.63) is 128 Å². The van der Waals surface area contributed by atoms with E-state index < -0.39 is 0 Å². The van der Waals surface area contributed by atoms with Crippen molar-refractivity contribution < 1.29 is 0 Å². The highest BCUT2D eigenvalue weighted by atomic mass is 79.9. The van der Waals surface area contributed by atoms with Gasteiger partial charge in [0.05, 0.1) is 39.5 Å². The number of hydrogen-bond acceptors (Lipinski definition) is 4. The largest absolute Gasteiger partial charge is 0.335 e. The Labute approximate surface area is 249 Å². The Morgan fingerprint density at radius 1 is 0.900 bits per heavy atom. The van der Waals surface area contributed by atoms with Crippen molar-refractivity contribution in [1.82, 2.24) is 9.78 Å². The van der Waals surface area contributed by atoms with E-state index in [1.165, 1.54) is 0 Å². The number of anilines is 2. The molecule has 2 aliphatic rings. The lowest BCUT2D eigenvalue weighted by atomic mass is 9.93. The molecule has 0 aliphatic carbocycles. The maximum Gasteiger partial charge on any atom is 0.179 e. The number of aromatic nitrogens is 2. The third-order valence-corrected chi connectivity index (χ3v) is 8.02. The molecule has 6 nitrogen and oxygen atoms in total. The van der Waals surface area contributed by atoms with E-state index in [1.807, 2.05) is 72.3 Å². The van der Waals surface area contributed by atoms with Gasteiger partial charge in [-0.3, -0.25) is 0 Å². The van der Waals surface area contributed by atoms with E-state index in [4.69, 9.17) is 38.3 Å². The van der Waals surface area contributed by atoms with Crippen LogP contribution in [0.1, 0.15) is 22.9 Å². The highest BCUT2D eigenvalue weighted by Gasteiger charge is 2.42. The van der Waals surface area contributed by atoms with Gasteiger partial charge in [0, 0.05) is 15.1 Å². The highest BCUT2D eigenvalue weighted by molar-refractivity contribution is 9.10. The van der Waals surface area contributed by atoms with Gasteiger partial charge in [-0.05, 0) is 67.1 Å². The lowest BCUT2D eigenvalue weighted by Gasteiger charge is -2.42. The van der Waals surface area contributed by atoms with Crippen molar-refractivity contribution in [3.63, 3.8) is 0 Å². The summed E-state index contributed by atoms with van der Waals surface area (Å²) in [6, 6.07) is 31.7. The number of nitrogens with one attached hydrogen (secondary N) is 1. The van der Waals surface area contributed by atoms with Crippen LogP contribution >= 0.6 is 39.1 Å². The minimum absolute atomic E-state index is 0.216. The van der Waals surface area contributed by atoms with Crippen LogP contribution in [0.25, 0.3) is 5.69 Å². The van der Waals surface area contributed by atoms with Crippen LogP contribution in [0.15, 0.2) is 112 Å². The Morgan fingerprint density at radius 2 is 1.70 bits per heavy atom. The molecule has 1 atom stereocenters. The SMILES string of the molecule is Cc1nn(-c2ccccc2)c2c1[C@@H](c1cccc(Br)c1)N1C(=N2)C(=Nc2ccc(Cl)cc2Cl)Nc2ccccc21. The molecule has 0 amide bonds. The molecule has 5 aromatic rings. The summed E-state index contributed by atoms with van der Waals surface area (Å²) in [4.78, 5) is 12.5. The Hall–Kier alpha value is -3.91. The average Bonchev–Trinajstić information content (AvgIpc) is 3.30. The Bertz CT molecular complexity index is 1850. The molecule has 196 valence electrons. The van der Waals surface area contributed by atoms with E-state index in [1.54, 1.807) is 12.1 Å². The van der Waals surface area contributed by atoms with Crippen LogP contribution in [0, 0.1) is 6.92 Å². The second kappa shape index (κ2) is 9.93. The molecule has 9 heteroatoms. The van der Waals surface area contributed by atoms with Crippen LogP contribution in [0.2, 0.25) is 10.0 Å². The summed E-state index contributed by atoms with van der Waals surface area (Å²) in [6.45, 7) is 2.04. The smallest absolute Gasteiger partial charge is 0.179 e. The second-order valence-corrected chi connectivity index (χ2v) is 11.3. The van der Waals surface area contributed by atoms with Crippen LogP contribution in [0.4, 0.5) is 22.9 Å². The summed E-state index contributed by atoms with van der Waals surface area (Å²) in [7, 11) is 0. The molecule has 40 heavy (non-hydrogen) atoms. The number of halogens is 3. The van der Waals surface area contributed by atoms with Crippen molar-refractivity contribution in [3.8, 4) is 5.69 Å². The van der Waals surface area contributed by atoms with Gasteiger partial charge in [0.1, 0.15) is 0 Å². The fourth-order valence-corrected chi connectivity index (χ4v) is 6.13. The van der Waals surface area contributed by atoms with Gasteiger partial charge < -0.3 is 10.2 Å². The van der Waals surface area contributed by atoms with Crippen molar-refractivity contribution in [2.75, 3.05) is 10.2 Å². The Morgan fingerprint density at radius 3 is 2.50 bits per heavy atom. The van der Waals surface area contributed by atoms with Gasteiger partial charge in [-0.1, -0.05) is 81.6 Å². The molecule has 0 spiro atoms. The molecule has 0 saturated heterocycles. The van der Waals surface area contributed by atoms with Gasteiger partial charge in [-0.2, -0.15) is 5.10 Å². The highest BCUT2D eigenvalue weighted by Crippen LogP contribution is 2.48. The summed E-state index contributed by atoms with van der Waals surface area (Å²) in [6.07, 6.45) is 0. The van der Waals surface area contributed by atoms with Crippen molar-refractivity contribution >= 4 is 73.7 Å². The maximum atomic E-state index is 6.56. The van der Waals surface area contributed by atoms with E-state index in [2.05, 4.69) is 50.4 Å². The lowest BCUT2D eigenvalue weighted by Crippen LogP contribution is -2.48. The van der Waals surface area contributed by atoms with Gasteiger partial charge >= 0.3 is 0 Å². The van der Waals surface area contributed by atoms with E-state index in [0.717, 1.165) is 44.2 Å². The average molecular weight is 628 g/mol. The fourth-order valence-electron chi connectivity index (χ4n) is 5.27. The van der Waals surface area contributed by atoms with Crippen LogP contribution in [0.3, 0.4) is 0 Å². The van der Waals surface area contributed by atoms with Crippen LogP contribution in [-0.4, -0.2) is 21.5 Å². The second-order valence-electron chi connectivity index (χ2n) is 9.53. The Balaban J connectivity index is 1.54. The van der Waals surface area contributed by atoms with Gasteiger partial charge in [-0.15, -0.1) is 0 Å². The predicted molar refractivity (Wildman–Crippen MR) is 167 cm³/mol. The zero-order valence-electron chi connectivity index (χ0n) is 21.2. The van der Waals surface area contributed by atoms with Gasteiger partial charge in [-0.25, -0.2) is 14.7 Å². The monoisotopic (exact) mass is 626 g/mol. The zero-order valence-corrected chi connectivity index (χ0v) is 24.3. The van der Waals surface area contributed by atoms with E-state index in [-0.39, 0.29) is 6.04 Å². The molecule has 0 bridgehead atoms. The molecule has 1 N–H and O–H groups in total. The normalized spacial score (nSPS) is 16.6. The first-order valence-corrected chi connectivity index (χ1v) is 14.2. The molecule has 3 heterocycles.